The Hall–Kier alpha value is -0.780. The van der Waals surface area contributed by atoms with Crippen LogP contribution in [-0.4, -0.2) is 60.9 Å². The summed E-state index contributed by atoms with van der Waals surface area (Å²) in [4.78, 5) is 9.31. The van der Waals surface area contributed by atoms with Crippen molar-refractivity contribution in [2.24, 2.45) is 9.98 Å². The molecule has 2 fully saturated rings. The summed E-state index contributed by atoms with van der Waals surface area (Å²) < 4.78 is 0. The molecule has 2 saturated heterocycles. The zero-order valence-electron chi connectivity index (χ0n) is 15.6. The topological polar surface area (TPSA) is 69.0 Å². The third kappa shape index (κ3) is 6.99. The van der Waals surface area contributed by atoms with Crippen LogP contribution in [0.15, 0.2) is 9.98 Å². The number of rotatable bonds is 8. The lowest BCUT2D eigenvalue weighted by Gasteiger charge is -2.23. The van der Waals surface area contributed by atoms with Gasteiger partial charge in [0.25, 0.3) is 0 Å². The zero-order chi connectivity index (χ0) is 17.2. The molecular weight excluding hydrogens is 300 g/mol. The minimum Gasteiger partial charge on any atom is -0.393 e. The van der Waals surface area contributed by atoms with E-state index in [0.717, 1.165) is 39.0 Å². The van der Waals surface area contributed by atoms with E-state index in [-0.39, 0.29) is 6.10 Å². The van der Waals surface area contributed by atoms with E-state index in [2.05, 4.69) is 34.5 Å². The molecule has 2 atom stereocenters. The van der Waals surface area contributed by atoms with Crippen molar-refractivity contribution in [3.8, 4) is 0 Å². The second-order valence-corrected chi connectivity index (χ2v) is 7.28. The Balaban J connectivity index is 1.61. The van der Waals surface area contributed by atoms with Crippen molar-refractivity contribution in [1.82, 2.24) is 10.6 Å². The molecule has 2 unspecified atom stereocenters. The van der Waals surface area contributed by atoms with Crippen LogP contribution in [0.1, 0.15) is 65.2 Å². The lowest BCUT2D eigenvalue weighted by Crippen LogP contribution is -2.39. The van der Waals surface area contributed by atoms with Crippen molar-refractivity contribution in [3.05, 3.63) is 0 Å². The average Bonchev–Trinajstić information content (AvgIpc) is 2.63. The molecule has 2 aliphatic rings. The van der Waals surface area contributed by atoms with E-state index in [4.69, 9.17) is 0 Å². The summed E-state index contributed by atoms with van der Waals surface area (Å²) in [5, 5.41) is 17.2. The van der Waals surface area contributed by atoms with Gasteiger partial charge in [-0.05, 0) is 65.5 Å². The highest BCUT2D eigenvalue weighted by Crippen LogP contribution is 2.10. The number of piperidine rings is 2. The van der Waals surface area contributed by atoms with Crippen LogP contribution in [0.2, 0.25) is 0 Å². The highest BCUT2D eigenvalue weighted by Gasteiger charge is 2.16. The Labute approximate surface area is 147 Å². The van der Waals surface area contributed by atoms with E-state index >= 15 is 0 Å². The van der Waals surface area contributed by atoms with E-state index in [1.807, 2.05) is 0 Å². The van der Waals surface area contributed by atoms with Crippen LogP contribution in [-0.2, 0) is 0 Å². The molecule has 2 aliphatic heterocycles. The van der Waals surface area contributed by atoms with E-state index < -0.39 is 0 Å². The Bertz CT molecular complexity index is 372. The third-order valence-corrected chi connectivity index (χ3v) is 5.28. The Morgan fingerprint density at radius 3 is 1.71 bits per heavy atom. The van der Waals surface area contributed by atoms with E-state index in [1.54, 1.807) is 0 Å². The van der Waals surface area contributed by atoms with E-state index in [1.165, 1.54) is 49.9 Å². The number of hydrogen-bond donors (Lipinski definition) is 3. The molecule has 2 rings (SSSR count). The zero-order valence-corrected chi connectivity index (χ0v) is 15.6. The van der Waals surface area contributed by atoms with E-state index in [0.29, 0.717) is 12.1 Å². The van der Waals surface area contributed by atoms with Gasteiger partial charge in [0.1, 0.15) is 0 Å². The van der Waals surface area contributed by atoms with Crippen molar-refractivity contribution in [1.29, 1.82) is 0 Å². The smallest absolute Gasteiger partial charge is 0.0575 e. The van der Waals surface area contributed by atoms with Gasteiger partial charge < -0.3 is 15.7 Å². The van der Waals surface area contributed by atoms with Crippen LogP contribution in [0, 0.1) is 0 Å². The molecule has 0 aromatic rings. The maximum atomic E-state index is 10.1. The first-order chi connectivity index (χ1) is 11.7. The monoisotopic (exact) mass is 336 g/mol. The van der Waals surface area contributed by atoms with Gasteiger partial charge in [-0.1, -0.05) is 12.8 Å². The van der Waals surface area contributed by atoms with Crippen molar-refractivity contribution >= 4 is 11.4 Å². The number of nitrogens with one attached hydrogen (secondary N) is 2. The summed E-state index contributed by atoms with van der Waals surface area (Å²) in [6.07, 6.45) is 8.71. The lowest BCUT2D eigenvalue weighted by molar-refractivity contribution is 0.160. The fourth-order valence-corrected chi connectivity index (χ4v) is 3.56. The summed E-state index contributed by atoms with van der Waals surface area (Å²) in [7, 11) is 0. The van der Waals surface area contributed by atoms with Crippen LogP contribution in [0.3, 0.4) is 0 Å². The first kappa shape index (κ1) is 19.5. The molecule has 0 aliphatic carbocycles. The van der Waals surface area contributed by atoms with Crippen molar-refractivity contribution in [2.75, 3.05) is 26.2 Å². The van der Waals surface area contributed by atoms with Crippen LogP contribution >= 0.6 is 0 Å². The minimum absolute atomic E-state index is 0.295. The molecule has 3 N–H and O–H groups in total. The highest BCUT2D eigenvalue weighted by molar-refractivity contribution is 5.87. The largest absolute Gasteiger partial charge is 0.393 e. The summed E-state index contributed by atoms with van der Waals surface area (Å²) >= 11 is 0. The molecule has 0 amide bonds. The van der Waals surface area contributed by atoms with Crippen molar-refractivity contribution in [3.63, 3.8) is 0 Å². The molecule has 0 bridgehead atoms. The van der Waals surface area contributed by atoms with Gasteiger partial charge in [-0.15, -0.1) is 0 Å². The molecule has 0 radical (unpaired) electrons. The van der Waals surface area contributed by atoms with Crippen molar-refractivity contribution in [2.45, 2.75) is 83.4 Å². The van der Waals surface area contributed by atoms with Crippen LogP contribution in [0.25, 0.3) is 0 Å². The molecule has 5 nitrogen and oxygen atoms in total. The first-order valence-corrected chi connectivity index (χ1v) is 9.83. The van der Waals surface area contributed by atoms with Gasteiger partial charge >= 0.3 is 0 Å². The Morgan fingerprint density at radius 2 is 1.33 bits per heavy atom. The summed E-state index contributed by atoms with van der Waals surface area (Å²) in [6, 6.07) is 0.900. The number of aliphatic hydroxyl groups excluding tert-OH is 1. The SMILES string of the molecule is CC(=NCCC(O)CCN=C(C)C1CCCCN1)C1CCCCN1. The van der Waals surface area contributed by atoms with Crippen LogP contribution < -0.4 is 10.6 Å². The molecule has 0 aromatic heterocycles. The average molecular weight is 337 g/mol. The first-order valence-electron chi connectivity index (χ1n) is 9.83. The Morgan fingerprint density at radius 1 is 0.875 bits per heavy atom. The molecule has 0 spiro atoms. The fraction of sp³-hybridized carbons (Fsp3) is 0.895. The maximum Gasteiger partial charge on any atom is 0.0575 e. The maximum absolute atomic E-state index is 10.1. The second kappa shape index (κ2) is 11.0. The van der Waals surface area contributed by atoms with Gasteiger partial charge in [0.2, 0.25) is 0 Å². The second-order valence-electron chi connectivity index (χ2n) is 7.28. The molecule has 0 aromatic carbocycles. The van der Waals surface area contributed by atoms with Gasteiger partial charge in [-0.25, -0.2) is 0 Å². The number of aliphatic hydroxyl groups is 1. The highest BCUT2D eigenvalue weighted by atomic mass is 16.3. The number of hydrogen-bond acceptors (Lipinski definition) is 5. The number of nitrogens with zero attached hydrogens (tertiary/aromatic N) is 2. The predicted molar refractivity (Wildman–Crippen MR) is 102 cm³/mol. The van der Waals surface area contributed by atoms with E-state index in [9.17, 15) is 5.11 Å². The third-order valence-electron chi connectivity index (χ3n) is 5.28. The number of aliphatic imine (C=N–C) groups is 2. The quantitative estimate of drug-likeness (QED) is 0.596. The molecule has 138 valence electrons. The van der Waals surface area contributed by atoms with Crippen LogP contribution in [0.4, 0.5) is 0 Å². The summed E-state index contributed by atoms with van der Waals surface area (Å²) in [5.41, 5.74) is 2.39. The molecule has 24 heavy (non-hydrogen) atoms. The molecular formula is C19H36N4O. The molecule has 0 saturated carbocycles. The molecule has 5 heteroatoms. The summed E-state index contributed by atoms with van der Waals surface area (Å²) in [5.74, 6) is 0. The molecule has 2 heterocycles. The van der Waals surface area contributed by atoms with Gasteiger partial charge in [-0.3, -0.25) is 9.98 Å². The van der Waals surface area contributed by atoms with Crippen LogP contribution in [0.5, 0.6) is 0 Å². The standard InChI is InChI=1S/C19H36N4O/c1-15(18-7-3-5-11-22-18)20-13-9-17(24)10-14-21-16(2)19-8-4-6-12-23-19/h17-19,22-24H,3-14H2,1-2H3. The minimum atomic E-state index is -0.295. The van der Waals surface area contributed by atoms with Crippen molar-refractivity contribution < 1.29 is 5.11 Å². The van der Waals surface area contributed by atoms with Gasteiger partial charge in [0, 0.05) is 36.6 Å². The summed E-state index contributed by atoms with van der Waals surface area (Å²) in [6.45, 7) is 7.87. The van der Waals surface area contributed by atoms with Gasteiger partial charge in [-0.2, -0.15) is 0 Å². The fourth-order valence-electron chi connectivity index (χ4n) is 3.56. The van der Waals surface area contributed by atoms with Gasteiger partial charge in [0.05, 0.1) is 6.10 Å². The van der Waals surface area contributed by atoms with Gasteiger partial charge in [0.15, 0.2) is 0 Å². The normalized spacial score (nSPS) is 28.0. The predicted octanol–water partition coefficient (Wildman–Crippen LogP) is 2.33. The lowest BCUT2D eigenvalue weighted by atomic mass is 10.0. The Kier molecular flexibility index (Phi) is 8.92.